The fourth-order valence-electron chi connectivity index (χ4n) is 3.34. The maximum atomic E-state index is 12.7. The normalized spacial score (nSPS) is 23.2. The number of benzene rings is 1. The van der Waals surface area contributed by atoms with Crippen LogP contribution in [-0.4, -0.2) is 74.3 Å². The van der Waals surface area contributed by atoms with Gasteiger partial charge in [0.05, 0.1) is 23.7 Å². The quantitative estimate of drug-likeness (QED) is 0.868. The van der Waals surface area contributed by atoms with Crippen LogP contribution in [0.4, 0.5) is 0 Å². The standard InChI is InChI=1S/C17H26N2O4S/c1-15-2-4-16(5-3-15)24(21,22)19-8-6-17(20,7-9-19)14-18-10-12-23-13-11-18/h2-5,20H,6-14H2,1H3. The van der Waals surface area contributed by atoms with Gasteiger partial charge in [-0.2, -0.15) is 4.31 Å². The minimum atomic E-state index is -3.47. The SMILES string of the molecule is Cc1ccc(S(=O)(=O)N2CCC(O)(CN3CCOCC3)CC2)cc1. The summed E-state index contributed by atoms with van der Waals surface area (Å²) >= 11 is 0. The number of β-amino-alcohol motifs (C(OH)–C–C–N with tert-alkyl or cyclic N) is 1. The average Bonchev–Trinajstić information content (AvgIpc) is 2.56. The number of morpholine rings is 1. The Morgan fingerprint density at radius 3 is 2.25 bits per heavy atom. The predicted molar refractivity (Wildman–Crippen MR) is 91.4 cm³/mol. The second-order valence-electron chi connectivity index (χ2n) is 6.83. The number of nitrogens with zero attached hydrogens (tertiary/aromatic N) is 2. The Labute approximate surface area is 144 Å². The second kappa shape index (κ2) is 7.09. The van der Waals surface area contributed by atoms with Crippen LogP contribution in [0, 0.1) is 6.92 Å². The Hall–Kier alpha value is -0.990. The molecule has 2 saturated heterocycles. The monoisotopic (exact) mass is 354 g/mol. The molecule has 134 valence electrons. The van der Waals surface area contributed by atoms with Gasteiger partial charge in [-0.25, -0.2) is 8.42 Å². The van der Waals surface area contributed by atoms with Crippen LogP contribution in [-0.2, 0) is 14.8 Å². The number of ether oxygens (including phenoxy) is 1. The summed E-state index contributed by atoms with van der Waals surface area (Å²) in [6.07, 6.45) is 0.935. The van der Waals surface area contributed by atoms with Crippen LogP contribution >= 0.6 is 0 Å². The highest BCUT2D eigenvalue weighted by Crippen LogP contribution is 2.28. The minimum absolute atomic E-state index is 0.326. The van der Waals surface area contributed by atoms with Crippen molar-refractivity contribution >= 4 is 10.0 Å². The van der Waals surface area contributed by atoms with Gasteiger partial charge < -0.3 is 9.84 Å². The molecule has 1 aromatic rings. The Morgan fingerprint density at radius 2 is 1.67 bits per heavy atom. The molecule has 2 aliphatic heterocycles. The number of piperidine rings is 1. The van der Waals surface area contributed by atoms with Gasteiger partial charge in [0.15, 0.2) is 0 Å². The third kappa shape index (κ3) is 3.97. The summed E-state index contributed by atoms with van der Waals surface area (Å²) in [5.41, 5.74) is 0.226. The van der Waals surface area contributed by atoms with E-state index in [9.17, 15) is 13.5 Å². The van der Waals surface area contributed by atoms with Crippen LogP contribution in [0.15, 0.2) is 29.2 Å². The number of rotatable bonds is 4. The van der Waals surface area contributed by atoms with Gasteiger partial charge in [0, 0.05) is 32.7 Å². The van der Waals surface area contributed by atoms with Crippen LogP contribution in [0.5, 0.6) is 0 Å². The van der Waals surface area contributed by atoms with Gasteiger partial charge in [-0.1, -0.05) is 17.7 Å². The van der Waals surface area contributed by atoms with E-state index in [0.29, 0.717) is 50.6 Å². The van der Waals surface area contributed by atoms with E-state index in [2.05, 4.69) is 4.90 Å². The molecule has 0 amide bonds. The molecule has 24 heavy (non-hydrogen) atoms. The van der Waals surface area contributed by atoms with Crippen molar-refractivity contribution in [2.45, 2.75) is 30.3 Å². The summed E-state index contributed by atoms with van der Waals surface area (Å²) in [5, 5.41) is 10.8. The molecule has 3 rings (SSSR count). The van der Waals surface area contributed by atoms with Crippen molar-refractivity contribution in [2.75, 3.05) is 45.9 Å². The van der Waals surface area contributed by atoms with Crippen LogP contribution < -0.4 is 0 Å². The molecule has 1 aromatic carbocycles. The van der Waals surface area contributed by atoms with Gasteiger partial charge in [-0.05, 0) is 31.9 Å². The van der Waals surface area contributed by atoms with E-state index in [1.807, 2.05) is 19.1 Å². The van der Waals surface area contributed by atoms with E-state index in [-0.39, 0.29) is 0 Å². The third-order valence-electron chi connectivity index (χ3n) is 4.93. The van der Waals surface area contributed by atoms with Gasteiger partial charge in [-0.3, -0.25) is 4.90 Å². The molecule has 0 bridgehead atoms. The van der Waals surface area contributed by atoms with Crippen molar-refractivity contribution in [1.82, 2.24) is 9.21 Å². The zero-order valence-corrected chi connectivity index (χ0v) is 15.0. The highest BCUT2D eigenvalue weighted by atomic mass is 32.2. The molecule has 2 fully saturated rings. The maximum absolute atomic E-state index is 12.7. The zero-order chi connectivity index (χ0) is 17.2. The largest absolute Gasteiger partial charge is 0.388 e. The lowest BCUT2D eigenvalue weighted by Crippen LogP contribution is -2.53. The molecule has 0 radical (unpaired) electrons. The van der Waals surface area contributed by atoms with Crippen molar-refractivity contribution in [2.24, 2.45) is 0 Å². The van der Waals surface area contributed by atoms with Crippen LogP contribution in [0.25, 0.3) is 0 Å². The molecule has 0 aliphatic carbocycles. The summed E-state index contributed by atoms with van der Waals surface area (Å²) in [4.78, 5) is 2.53. The molecule has 0 aromatic heterocycles. The lowest BCUT2D eigenvalue weighted by molar-refractivity contribution is -0.0550. The summed E-state index contributed by atoms with van der Waals surface area (Å²) in [5.74, 6) is 0. The van der Waals surface area contributed by atoms with Gasteiger partial charge in [0.1, 0.15) is 0 Å². The second-order valence-corrected chi connectivity index (χ2v) is 8.77. The highest BCUT2D eigenvalue weighted by Gasteiger charge is 2.38. The van der Waals surface area contributed by atoms with Gasteiger partial charge in [-0.15, -0.1) is 0 Å². The number of hydrogen-bond donors (Lipinski definition) is 1. The van der Waals surface area contributed by atoms with Crippen molar-refractivity contribution in [3.63, 3.8) is 0 Å². The van der Waals surface area contributed by atoms with Gasteiger partial charge in [0.25, 0.3) is 0 Å². The summed E-state index contributed by atoms with van der Waals surface area (Å²) < 4.78 is 32.3. The van der Waals surface area contributed by atoms with E-state index < -0.39 is 15.6 Å². The molecule has 2 heterocycles. The molecule has 6 nitrogen and oxygen atoms in total. The Morgan fingerprint density at radius 1 is 1.08 bits per heavy atom. The maximum Gasteiger partial charge on any atom is 0.243 e. The van der Waals surface area contributed by atoms with Gasteiger partial charge in [0.2, 0.25) is 10.0 Å². The number of hydrogen-bond acceptors (Lipinski definition) is 5. The van der Waals surface area contributed by atoms with Crippen LogP contribution in [0.3, 0.4) is 0 Å². The zero-order valence-electron chi connectivity index (χ0n) is 14.1. The predicted octanol–water partition coefficient (Wildman–Crippen LogP) is 0.843. The third-order valence-corrected chi connectivity index (χ3v) is 6.85. The fourth-order valence-corrected chi connectivity index (χ4v) is 4.78. The first-order valence-electron chi connectivity index (χ1n) is 8.48. The van der Waals surface area contributed by atoms with E-state index in [1.54, 1.807) is 12.1 Å². The molecule has 1 N–H and O–H groups in total. The Kier molecular flexibility index (Phi) is 5.27. The minimum Gasteiger partial charge on any atom is -0.388 e. The number of aliphatic hydroxyl groups is 1. The molecule has 0 atom stereocenters. The first kappa shape index (κ1) is 17.8. The first-order chi connectivity index (χ1) is 11.4. The van der Waals surface area contributed by atoms with Crippen molar-refractivity contribution in [1.29, 1.82) is 0 Å². The fraction of sp³-hybridized carbons (Fsp3) is 0.647. The van der Waals surface area contributed by atoms with Crippen molar-refractivity contribution in [3.8, 4) is 0 Å². The summed E-state index contributed by atoms with van der Waals surface area (Å²) in [6.45, 7) is 6.29. The Bertz CT molecular complexity index is 646. The number of aryl methyl sites for hydroxylation is 1. The molecule has 0 spiro atoms. The summed E-state index contributed by atoms with van der Waals surface area (Å²) in [6, 6.07) is 6.93. The summed E-state index contributed by atoms with van der Waals surface area (Å²) in [7, 11) is -3.47. The average molecular weight is 354 g/mol. The van der Waals surface area contributed by atoms with Crippen molar-refractivity contribution < 1.29 is 18.3 Å². The van der Waals surface area contributed by atoms with E-state index >= 15 is 0 Å². The molecular weight excluding hydrogens is 328 g/mol. The van der Waals surface area contributed by atoms with Crippen LogP contribution in [0.1, 0.15) is 18.4 Å². The number of sulfonamides is 1. The lowest BCUT2D eigenvalue weighted by Gasteiger charge is -2.41. The Balaban J connectivity index is 1.62. The van der Waals surface area contributed by atoms with E-state index in [4.69, 9.17) is 4.74 Å². The molecule has 0 unspecified atom stereocenters. The molecule has 0 saturated carbocycles. The molecular formula is C17H26N2O4S. The molecule has 2 aliphatic rings. The van der Waals surface area contributed by atoms with E-state index in [0.717, 1.165) is 18.7 Å². The topological polar surface area (TPSA) is 70.1 Å². The highest BCUT2D eigenvalue weighted by molar-refractivity contribution is 7.89. The smallest absolute Gasteiger partial charge is 0.243 e. The first-order valence-corrected chi connectivity index (χ1v) is 9.92. The van der Waals surface area contributed by atoms with Crippen LogP contribution in [0.2, 0.25) is 0 Å². The van der Waals surface area contributed by atoms with Gasteiger partial charge >= 0.3 is 0 Å². The van der Waals surface area contributed by atoms with E-state index in [1.165, 1.54) is 4.31 Å². The lowest BCUT2D eigenvalue weighted by atomic mass is 9.92. The van der Waals surface area contributed by atoms with Crippen molar-refractivity contribution in [3.05, 3.63) is 29.8 Å². The molecule has 7 heteroatoms.